The summed E-state index contributed by atoms with van der Waals surface area (Å²) in [6.45, 7) is 3.66. The third-order valence-electron chi connectivity index (χ3n) is 7.03. The van der Waals surface area contributed by atoms with Crippen LogP contribution >= 0.6 is 7.37 Å². The number of rotatable bonds is 13. The van der Waals surface area contributed by atoms with Crippen molar-refractivity contribution in [3.05, 3.63) is 36.0 Å². The number of amides is 1. The summed E-state index contributed by atoms with van der Waals surface area (Å²) < 4.78 is 12.1. The number of hydrogen-bond acceptors (Lipinski definition) is 5. The Balaban J connectivity index is 1.62. The van der Waals surface area contributed by atoms with E-state index >= 15 is 0 Å². The third kappa shape index (κ3) is 8.56. The quantitative estimate of drug-likeness (QED) is 0.182. The molecule has 5 unspecified atom stereocenters. The third-order valence-corrected chi connectivity index (χ3v) is 12.1. The summed E-state index contributed by atoms with van der Waals surface area (Å²) in [6.07, 6.45) is 6.42. The van der Waals surface area contributed by atoms with Gasteiger partial charge in [-0.05, 0) is 0 Å². The first-order chi connectivity index (χ1) is 17.1. The number of aromatic nitrogens is 1. The molecule has 1 heterocycles. The standard InChI is InChI=1S/C26H41AsN3O5P/c1-17(2)24(28)25(32)27-22(12-19-13-29-23-11-7-6-10-21(19)23)26(33)30-14-20(31)16-36(34,35)15-18-8-4-3-5-9-18/h6-7,10-11,13,17-18,20,22,24,27,29,31H,3-5,8-9,12,14-16,28H2,1-2H3,(H,30,33)(H,34,35). The minimum absolute atomic E-state index is 0.0114. The number of carbonyl (C=O) groups excluding carboxylic acids is 2. The first-order valence-corrected chi connectivity index (χ1v) is 17.2. The van der Waals surface area contributed by atoms with Crippen LogP contribution in [0.3, 0.4) is 0 Å². The molecule has 0 aliphatic heterocycles. The van der Waals surface area contributed by atoms with Crippen LogP contribution in [-0.4, -0.2) is 72.2 Å². The molecule has 0 spiro atoms. The van der Waals surface area contributed by atoms with Crippen LogP contribution in [0.1, 0.15) is 51.5 Å². The maximum absolute atomic E-state index is 13.2. The van der Waals surface area contributed by atoms with Gasteiger partial charge in [-0.3, -0.25) is 0 Å². The Hall–Kier alpha value is -1.43. The molecule has 5 atom stereocenters. The fourth-order valence-corrected chi connectivity index (χ4v) is 9.98. The average Bonchev–Trinajstić information content (AvgIpc) is 3.24. The number of para-hydroxylation sites is 1. The van der Waals surface area contributed by atoms with Gasteiger partial charge in [0.25, 0.3) is 0 Å². The van der Waals surface area contributed by atoms with Gasteiger partial charge in [-0.15, -0.1) is 0 Å². The molecule has 1 aromatic heterocycles. The van der Waals surface area contributed by atoms with E-state index in [1.165, 1.54) is 6.42 Å². The predicted molar refractivity (Wildman–Crippen MR) is 146 cm³/mol. The molecule has 200 valence electrons. The van der Waals surface area contributed by atoms with Gasteiger partial charge in [-0.25, -0.2) is 0 Å². The molecule has 10 heteroatoms. The number of H-pyrrole nitrogens is 1. The molecule has 2 aromatic rings. The van der Waals surface area contributed by atoms with Crippen molar-refractivity contribution in [2.45, 2.75) is 69.2 Å². The summed E-state index contributed by atoms with van der Waals surface area (Å²) in [4.78, 5) is 39.7. The van der Waals surface area contributed by atoms with E-state index in [9.17, 15) is 24.2 Å². The number of aliphatic hydroxyl groups is 1. The number of nitrogens with one attached hydrogen (secondary N) is 2. The van der Waals surface area contributed by atoms with Gasteiger partial charge in [0.05, 0.1) is 0 Å². The fraction of sp³-hybridized carbons (Fsp3) is 0.615. The molecular weight excluding hydrogens is 540 g/mol. The van der Waals surface area contributed by atoms with Gasteiger partial charge in [-0.1, -0.05) is 0 Å². The van der Waals surface area contributed by atoms with E-state index in [0.717, 1.165) is 42.1 Å². The molecule has 1 aliphatic carbocycles. The number of aliphatic hydroxyl groups excluding tert-OH is 1. The molecule has 3 rings (SSSR count). The van der Waals surface area contributed by atoms with Gasteiger partial charge >= 0.3 is 221 Å². The summed E-state index contributed by atoms with van der Waals surface area (Å²) in [5.74, 6) is -0.0927. The van der Waals surface area contributed by atoms with Crippen molar-refractivity contribution in [1.29, 1.82) is 0 Å². The van der Waals surface area contributed by atoms with E-state index in [1.54, 1.807) is 0 Å². The molecule has 1 amide bonds. The molecule has 1 aromatic carbocycles. The maximum atomic E-state index is 13.2. The number of benzene rings is 1. The zero-order chi connectivity index (χ0) is 26.3. The van der Waals surface area contributed by atoms with E-state index < -0.39 is 40.0 Å². The first-order valence-electron chi connectivity index (χ1n) is 12.9. The van der Waals surface area contributed by atoms with Gasteiger partial charge in [0.2, 0.25) is 0 Å². The number of fused-ring (bicyclic) bond motifs is 1. The zero-order valence-corrected chi connectivity index (χ0v) is 24.3. The van der Waals surface area contributed by atoms with Crippen molar-refractivity contribution in [2.75, 3.05) is 18.9 Å². The molecule has 1 aliphatic rings. The summed E-state index contributed by atoms with van der Waals surface area (Å²) in [6, 6.07) is 7.20. The molecule has 0 radical (unpaired) electrons. The van der Waals surface area contributed by atoms with E-state index in [4.69, 9.17) is 5.73 Å². The van der Waals surface area contributed by atoms with Crippen LogP contribution in [-0.2, 0) is 20.6 Å². The van der Waals surface area contributed by atoms with Crippen molar-refractivity contribution in [1.82, 2.24) is 10.3 Å². The van der Waals surface area contributed by atoms with Crippen molar-refractivity contribution < 1.29 is 24.2 Å². The Morgan fingerprint density at radius 1 is 1.22 bits per heavy atom. The Bertz CT molecular complexity index is 1070. The van der Waals surface area contributed by atoms with Crippen LogP contribution in [0, 0.1) is 11.8 Å². The Morgan fingerprint density at radius 2 is 1.92 bits per heavy atom. The van der Waals surface area contributed by atoms with Crippen LogP contribution in [0.5, 0.6) is 0 Å². The van der Waals surface area contributed by atoms with Gasteiger partial charge in [0, 0.05) is 0 Å². The Kier molecular flexibility index (Phi) is 10.8. The topological polar surface area (TPSA) is 146 Å². The second kappa shape index (κ2) is 13.4. The van der Waals surface area contributed by atoms with Crippen LogP contribution in [0.15, 0.2) is 30.5 Å². The number of nitrogens with two attached hydrogens (primary N) is 1. The van der Waals surface area contributed by atoms with Gasteiger partial charge in [0.15, 0.2) is 0 Å². The molecule has 1 saturated carbocycles. The van der Waals surface area contributed by atoms with E-state index in [2.05, 4.69) is 10.3 Å². The summed E-state index contributed by atoms with van der Waals surface area (Å²) >= 11 is -1.40. The molecule has 0 saturated heterocycles. The van der Waals surface area contributed by atoms with Gasteiger partial charge < -0.3 is 0 Å². The molecule has 6 N–H and O–H groups in total. The van der Waals surface area contributed by atoms with Crippen molar-refractivity contribution in [3.63, 3.8) is 0 Å². The van der Waals surface area contributed by atoms with Gasteiger partial charge in [0.1, 0.15) is 0 Å². The number of aromatic amines is 1. The predicted octanol–water partition coefficient (Wildman–Crippen LogP) is 2.77. The molecule has 0 bridgehead atoms. The van der Waals surface area contributed by atoms with Crippen LogP contribution in [0.4, 0.5) is 0 Å². The monoisotopic (exact) mass is 581 g/mol. The molecule has 1 fully saturated rings. The van der Waals surface area contributed by atoms with Crippen molar-refractivity contribution in [3.8, 4) is 0 Å². The first kappa shape index (κ1) is 29.1. The normalized spacial score (nSPS) is 19.4. The summed E-state index contributed by atoms with van der Waals surface area (Å²) in [5.41, 5.74) is 8.00. The van der Waals surface area contributed by atoms with Crippen LogP contribution in [0.2, 0.25) is 4.71 Å². The average molecular weight is 582 g/mol. The minimum atomic E-state index is -3.49. The number of hydrogen-bond donors (Lipinski definition) is 5. The molecular formula is C26H41AsN3O5P. The fourth-order valence-electron chi connectivity index (χ4n) is 4.88. The van der Waals surface area contributed by atoms with E-state index in [0.29, 0.717) is 6.42 Å². The number of carbonyl (C=O) groups is 2. The van der Waals surface area contributed by atoms with Crippen molar-refractivity contribution in [2.24, 2.45) is 17.6 Å². The zero-order valence-electron chi connectivity index (χ0n) is 21.3. The van der Waals surface area contributed by atoms with E-state index in [-0.39, 0.29) is 41.2 Å². The van der Waals surface area contributed by atoms with Crippen molar-refractivity contribution >= 4 is 44.5 Å². The van der Waals surface area contributed by atoms with Gasteiger partial charge in [-0.2, -0.15) is 0 Å². The Labute approximate surface area is 220 Å². The summed E-state index contributed by atoms with van der Waals surface area (Å²) in [7, 11) is -3.49. The van der Waals surface area contributed by atoms with Crippen LogP contribution < -0.4 is 11.1 Å². The van der Waals surface area contributed by atoms with Crippen LogP contribution in [0.25, 0.3) is 10.9 Å². The molecule has 8 nitrogen and oxygen atoms in total. The SMILES string of the molecule is CC(C)C(N)C(=O)[AsH]C(Cc1c[nH]c2ccccc12)C(=O)NCC(O)CP(=O)(O)CC1CCCCC1. The Morgan fingerprint density at radius 3 is 2.61 bits per heavy atom. The second-order valence-corrected chi connectivity index (χ2v) is 16.0. The second-order valence-electron chi connectivity index (χ2n) is 10.5. The van der Waals surface area contributed by atoms with E-state index in [1.807, 2.05) is 44.3 Å². The molecule has 36 heavy (non-hydrogen) atoms. The summed E-state index contributed by atoms with van der Waals surface area (Å²) in [5, 5.41) is 14.2.